The third-order valence-electron chi connectivity index (χ3n) is 5.84. The van der Waals surface area contributed by atoms with E-state index in [0.717, 1.165) is 79.3 Å². The number of morpholine rings is 1. The molecule has 0 atom stereocenters. The number of nitrogens with zero attached hydrogens (tertiary/aromatic N) is 7. The van der Waals surface area contributed by atoms with Crippen molar-refractivity contribution in [3.8, 4) is 0 Å². The Hall–Kier alpha value is -3.00. The number of hydrogen-bond donors (Lipinski definition) is 0. The molecule has 0 N–H and O–H groups in total. The van der Waals surface area contributed by atoms with Crippen LogP contribution in [0.1, 0.15) is 63.4 Å². The molecule has 3 aromatic heterocycles. The summed E-state index contributed by atoms with van der Waals surface area (Å²) in [6, 6.07) is 4.34. The first-order valence-corrected chi connectivity index (χ1v) is 13.0. The number of rotatable bonds is 5. The van der Waals surface area contributed by atoms with Crippen molar-refractivity contribution in [1.82, 2.24) is 24.6 Å². The first-order valence-electron chi connectivity index (χ1n) is 13.0. The quantitative estimate of drug-likeness (QED) is 0.516. The second-order valence-corrected chi connectivity index (χ2v) is 8.74. The summed E-state index contributed by atoms with van der Waals surface area (Å²) in [6.07, 6.45) is 4.85. The Balaban J connectivity index is 0.000000638. The number of anilines is 2. The molecule has 190 valence electrons. The summed E-state index contributed by atoms with van der Waals surface area (Å²) in [4.78, 5) is 18.7. The molecule has 2 saturated heterocycles. The summed E-state index contributed by atoms with van der Waals surface area (Å²) in [6.45, 7) is 22.0. The van der Waals surface area contributed by atoms with Gasteiger partial charge < -0.3 is 14.5 Å². The molecule has 0 unspecified atom stereocenters. The maximum Gasteiger partial charge on any atom is 0.177 e. The Morgan fingerprint density at radius 2 is 1.69 bits per heavy atom. The molecule has 0 aromatic carbocycles. The highest BCUT2D eigenvalue weighted by Gasteiger charge is 2.21. The van der Waals surface area contributed by atoms with Crippen molar-refractivity contribution < 1.29 is 4.74 Å². The van der Waals surface area contributed by atoms with Crippen LogP contribution in [0.2, 0.25) is 0 Å². The lowest BCUT2D eigenvalue weighted by atomic mass is 10.1. The Labute approximate surface area is 210 Å². The fourth-order valence-corrected chi connectivity index (χ4v) is 3.89. The van der Waals surface area contributed by atoms with Crippen molar-refractivity contribution in [2.75, 3.05) is 49.2 Å². The topological polar surface area (TPSA) is 71.7 Å². The van der Waals surface area contributed by atoms with E-state index >= 15 is 0 Å². The Morgan fingerprint density at radius 3 is 2.29 bits per heavy atom. The lowest BCUT2D eigenvalue weighted by Crippen LogP contribution is -2.39. The summed E-state index contributed by atoms with van der Waals surface area (Å²) < 4.78 is 7.38. The minimum atomic E-state index is 0.555. The highest BCUT2D eigenvalue weighted by molar-refractivity contribution is 5.69. The van der Waals surface area contributed by atoms with E-state index in [0.29, 0.717) is 6.42 Å². The monoisotopic (exact) mass is 479 g/mol. The van der Waals surface area contributed by atoms with Crippen molar-refractivity contribution >= 4 is 22.7 Å². The van der Waals surface area contributed by atoms with Crippen LogP contribution in [0.15, 0.2) is 24.9 Å². The molecule has 0 spiro atoms. The van der Waals surface area contributed by atoms with Gasteiger partial charge in [0.25, 0.3) is 0 Å². The Morgan fingerprint density at radius 1 is 1.00 bits per heavy atom. The molecule has 5 heterocycles. The van der Waals surface area contributed by atoms with E-state index in [1.165, 1.54) is 18.5 Å². The number of aromatic nitrogens is 5. The van der Waals surface area contributed by atoms with Gasteiger partial charge in [-0.05, 0) is 31.9 Å². The van der Waals surface area contributed by atoms with Gasteiger partial charge in [0.15, 0.2) is 11.5 Å². The molecule has 0 aliphatic carbocycles. The molecule has 0 amide bonds. The van der Waals surface area contributed by atoms with Crippen LogP contribution in [0.5, 0.6) is 0 Å². The smallest absolute Gasteiger partial charge is 0.177 e. The predicted molar refractivity (Wildman–Crippen MR) is 144 cm³/mol. The normalized spacial score (nSPS) is 15.0. The third kappa shape index (κ3) is 6.36. The average Bonchev–Trinajstić information content (AvgIpc) is 3.28. The molecule has 0 bridgehead atoms. The van der Waals surface area contributed by atoms with Crippen molar-refractivity contribution in [2.45, 2.75) is 60.8 Å². The molecular formula is C27H41N7O. The second kappa shape index (κ2) is 12.6. The van der Waals surface area contributed by atoms with Crippen LogP contribution in [0, 0.1) is 13.8 Å². The van der Waals surface area contributed by atoms with Gasteiger partial charge in [-0.25, -0.2) is 14.5 Å². The molecule has 2 aliphatic rings. The average molecular weight is 480 g/mol. The van der Waals surface area contributed by atoms with Gasteiger partial charge in [-0.3, -0.25) is 4.98 Å². The van der Waals surface area contributed by atoms with Crippen LogP contribution >= 0.6 is 0 Å². The van der Waals surface area contributed by atoms with Crippen LogP contribution in [-0.2, 0) is 11.2 Å². The molecule has 8 heteroatoms. The van der Waals surface area contributed by atoms with Crippen LogP contribution < -0.4 is 9.80 Å². The summed E-state index contributed by atoms with van der Waals surface area (Å²) in [5.41, 5.74) is 5.65. The molecule has 3 aromatic rings. The molecule has 2 aliphatic heterocycles. The minimum absolute atomic E-state index is 0.555. The SMILES string of the molecule is C=C(Cc1nc2c(C)ncc(C)n2n1)c1cc(N2CCOCC2)cc(N2CCC2)n1.CC.CCC. The van der Waals surface area contributed by atoms with Gasteiger partial charge >= 0.3 is 0 Å². The summed E-state index contributed by atoms with van der Waals surface area (Å²) in [7, 11) is 0. The van der Waals surface area contributed by atoms with Gasteiger partial charge in [0.1, 0.15) is 5.82 Å². The molecular weight excluding hydrogens is 438 g/mol. The number of fused-ring (bicyclic) bond motifs is 1. The number of hydrogen-bond acceptors (Lipinski definition) is 7. The van der Waals surface area contributed by atoms with Crippen molar-refractivity contribution in [3.05, 3.63) is 47.8 Å². The second-order valence-electron chi connectivity index (χ2n) is 8.74. The van der Waals surface area contributed by atoms with E-state index in [1.54, 1.807) is 0 Å². The molecule has 8 nitrogen and oxygen atoms in total. The van der Waals surface area contributed by atoms with Crippen LogP contribution in [0.4, 0.5) is 11.5 Å². The fourth-order valence-electron chi connectivity index (χ4n) is 3.89. The Kier molecular flexibility index (Phi) is 9.60. The minimum Gasteiger partial charge on any atom is -0.378 e. The standard InChI is InChI=1S/C22H27N7O.C3H8.C2H6/c1-15(11-20-25-22-17(3)23-14-16(2)29(22)26-20)19-12-18(27-7-9-30-10-8-27)13-21(24-19)28-5-4-6-28;1-3-2;1-2/h12-14H,1,4-11H2,2-3H3;3H2,1-2H3;1-2H3. The first kappa shape index (κ1) is 26.6. The third-order valence-corrected chi connectivity index (χ3v) is 5.84. The maximum absolute atomic E-state index is 5.53. The van der Waals surface area contributed by atoms with Gasteiger partial charge in [0.05, 0.1) is 30.3 Å². The molecule has 2 fully saturated rings. The van der Waals surface area contributed by atoms with E-state index in [9.17, 15) is 0 Å². The van der Waals surface area contributed by atoms with Gasteiger partial charge in [-0.15, -0.1) is 0 Å². The summed E-state index contributed by atoms with van der Waals surface area (Å²) in [5.74, 6) is 1.77. The molecule has 0 radical (unpaired) electrons. The maximum atomic E-state index is 5.53. The van der Waals surface area contributed by atoms with Crippen molar-refractivity contribution in [3.63, 3.8) is 0 Å². The largest absolute Gasteiger partial charge is 0.378 e. The highest BCUT2D eigenvalue weighted by atomic mass is 16.5. The van der Waals surface area contributed by atoms with E-state index in [4.69, 9.17) is 14.7 Å². The lowest BCUT2D eigenvalue weighted by molar-refractivity contribution is 0.122. The molecule has 35 heavy (non-hydrogen) atoms. The van der Waals surface area contributed by atoms with Crippen molar-refractivity contribution in [2.24, 2.45) is 0 Å². The molecule has 5 rings (SSSR count). The van der Waals surface area contributed by atoms with Gasteiger partial charge in [-0.2, -0.15) is 5.10 Å². The zero-order chi connectivity index (χ0) is 25.4. The van der Waals surface area contributed by atoms with E-state index in [1.807, 2.05) is 38.4 Å². The Bertz CT molecular complexity index is 1080. The van der Waals surface area contributed by atoms with E-state index in [-0.39, 0.29) is 0 Å². The summed E-state index contributed by atoms with van der Waals surface area (Å²) in [5, 5.41) is 4.68. The number of allylic oxidation sites excluding steroid dienone is 1. The number of aryl methyl sites for hydroxylation is 2. The van der Waals surface area contributed by atoms with Crippen molar-refractivity contribution in [1.29, 1.82) is 0 Å². The highest BCUT2D eigenvalue weighted by Crippen LogP contribution is 2.29. The van der Waals surface area contributed by atoms with Crippen LogP contribution in [0.25, 0.3) is 11.2 Å². The van der Waals surface area contributed by atoms with Crippen LogP contribution in [-0.4, -0.2) is 64.0 Å². The van der Waals surface area contributed by atoms with Gasteiger partial charge in [0, 0.05) is 50.6 Å². The lowest BCUT2D eigenvalue weighted by Gasteiger charge is -2.34. The zero-order valence-electron chi connectivity index (χ0n) is 22.3. The van der Waals surface area contributed by atoms with Gasteiger partial charge in [-0.1, -0.05) is 40.7 Å². The first-order chi connectivity index (χ1) is 17.0. The number of ether oxygens (including phenoxy) is 1. The van der Waals surface area contributed by atoms with Gasteiger partial charge in [0.2, 0.25) is 0 Å². The van der Waals surface area contributed by atoms with Crippen LogP contribution in [0.3, 0.4) is 0 Å². The zero-order valence-corrected chi connectivity index (χ0v) is 22.3. The van der Waals surface area contributed by atoms with E-state index < -0.39 is 0 Å². The molecule has 0 saturated carbocycles. The summed E-state index contributed by atoms with van der Waals surface area (Å²) >= 11 is 0. The van der Waals surface area contributed by atoms with E-state index in [2.05, 4.69) is 52.4 Å². The predicted octanol–water partition coefficient (Wildman–Crippen LogP) is 4.88. The number of pyridine rings is 1. The fraction of sp³-hybridized carbons (Fsp3) is 0.556.